The third kappa shape index (κ3) is 3.68. The lowest BCUT2D eigenvalue weighted by Crippen LogP contribution is -1.95. The summed E-state index contributed by atoms with van der Waals surface area (Å²) in [5.74, 6) is 0. The molecule has 0 N–H and O–H groups in total. The topological polar surface area (TPSA) is 0 Å². The Morgan fingerprint density at radius 1 is 0.882 bits per heavy atom. The molecule has 0 aliphatic heterocycles. The van der Waals surface area contributed by atoms with Crippen LogP contribution in [0.4, 0.5) is 0 Å². The standard InChI is InChI=1S/C16H19P/c1-2-5-13-6-3-7-14(10-13)11-15-8-4-9-16(17)12-15/h3-4,6-10,12H,2,5,11,17H2,1H3. The van der Waals surface area contributed by atoms with Crippen molar-refractivity contribution in [1.82, 2.24) is 0 Å². The second-order valence-corrected chi connectivity index (χ2v) is 5.16. The van der Waals surface area contributed by atoms with Crippen LogP contribution in [0.15, 0.2) is 48.5 Å². The number of rotatable bonds is 4. The number of hydrogen-bond acceptors (Lipinski definition) is 0. The molecule has 1 unspecified atom stereocenters. The van der Waals surface area contributed by atoms with Gasteiger partial charge in [0.2, 0.25) is 0 Å². The van der Waals surface area contributed by atoms with Gasteiger partial charge in [0.1, 0.15) is 0 Å². The van der Waals surface area contributed by atoms with E-state index >= 15 is 0 Å². The van der Waals surface area contributed by atoms with Gasteiger partial charge in [-0.2, -0.15) is 0 Å². The molecule has 0 saturated heterocycles. The van der Waals surface area contributed by atoms with Crippen molar-refractivity contribution in [3.63, 3.8) is 0 Å². The monoisotopic (exact) mass is 242 g/mol. The van der Waals surface area contributed by atoms with Crippen LogP contribution >= 0.6 is 9.24 Å². The second kappa shape index (κ2) is 5.98. The van der Waals surface area contributed by atoms with Crippen LogP contribution in [-0.4, -0.2) is 0 Å². The van der Waals surface area contributed by atoms with Crippen LogP contribution in [0.25, 0.3) is 0 Å². The molecule has 0 amide bonds. The maximum atomic E-state index is 2.76. The lowest BCUT2D eigenvalue weighted by molar-refractivity contribution is 0.918. The summed E-state index contributed by atoms with van der Waals surface area (Å²) in [6.45, 7) is 2.23. The van der Waals surface area contributed by atoms with E-state index in [1.807, 2.05) is 0 Å². The number of aryl methyl sites for hydroxylation is 1. The van der Waals surface area contributed by atoms with Gasteiger partial charge in [-0.05, 0) is 34.8 Å². The van der Waals surface area contributed by atoms with Crippen LogP contribution in [0, 0.1) is 0 Å². The van der Waals surface area contributed by atoms with Crippen molar-refractivity contribution in [2.75, 3.05) is 0 Å². The lowest BCUT2D eigenvalue weighted by atomic mass is 10.0. The lowest BCUT2D eigenvalue weighted by Gasteiger charge is -2.05. The molecule has 0 aliphatic rings. The molecule has 0 radical (unpaired) electrons. The maximum absolute atomic E-state index is 2.76. The molecule has 0 aromatic heterocycles. The van der Waals surface area contributed by atoms with E-state index in [0.717, 1.165) is 6.42 Å². The Bertz CT molecular complexity index is 488. The van der Waals surface area contributed by atoms with Crippen molar-refractivity contribution in [3.05, 3.63) is 65.2 Å². The Morgan fingerprint density at radius 3 is 2.24 bits per heavy atom. The molecule has 2 aromatic rings. The third-order valence-corrected chi connectivity index (χ3v) is 3.25. The van der Waals surface area contributed by atoms with E-state index in [-0.39, 0.29) is 0 Å². The van der Waals surface area contributed by atoms with Crippen molar-refractivity contribution >= 4 is 14.5 Å². The van der Waals surface area contributed by atoms with Gasteiger partial charge in [0.15, 0.2) is 0 Å². The molecular formula is C16H19P. The molecular weight excluding hydrogens is 223 g/mol. The minimum atomic E-state index is 1.03. The van der Waals surface area contributed by atoms with Crippen molar-refractivity contribution in [2.24, 2.45) is 0 Å². The average Bonchev–Trinajstić information content (AvgIpc) is 2.30. The quantitative estimate of drug-likeness (QED) is 0.717. The average molecular weight is 242 g/mol. The summed E-state index contributed by atoms with van der Waals surface area (Å²) >= 11 is 0. The predicted molar refractivity (Wildman–Crippen MR) is 79.0 cm³/mol. The fourth-order valence-electron chi connectivity index (χ4n) is 2.12. The molecule has 17 heavy (non-hydrogen) atoms. The highest BCUT2D eigenvalue weighted by Gasteiger charge is 1.98. The molecule has 1 atom stereocenters. The highest BCUT2D eigenvalue weighted by Crippen LogP contribution is 2.12. The molecule has 0 bridgehead atoms. The second-order valence-electron chi connectivity index (χ2n) is 4.49. The molecule has 0 spiro atoms. The van der Waals surface area contributed by atoms with E-state index in [4.69, 9.17) is 0 Å². The minimum Gasteiger partial charge on any atom is -0.106 e. The van der Waals surface area contributed by atoms with Gasteiger partial charge < -0.3 is 0 Å². The summed E-state index contributed by atoms with van der Waals surface area (Å²) in [6.07, 6.45) is 3.42. The molecule has 0 fully saturated rings. The van der Waals surface area contributed by atoms with E-state index < -0.39 is 0 Å². The highest BCUT2D eigenvalue weighted by atomic mass is 31.0. The van der Waals surface area contributed by atoms with Crippen LogP contribution in [0.1, 0.15) is 30.0 Å². The van der Waals surface area contributed by atoms with E-state index in [0.29, 0.717) is 0 Å². The summed E-state index contributed by atoms with van der Waals surface area (Å²) in [4.78, 5) is 0. The van der Waals surface area contributed by atoms with Crippen LogP contribution in [0.3, 0.4) is 0 Å². The van der Waals surface area contributed by atoms with E-state index in [2.05, 4.69) is 64.7 Å². The van der Waals surface area contributed by atoms with Crippen molar-refractivity contribution in [2.45, 2.75) is 26.2 Å². The Balaban J connectivity index is 2.15. The molecule has 0 saturated carbocycles. The summed E-state index contributed by atoms with van der Waals surface area (Å²) in [6, 6.07) is 17.6. The summed E-state index contributed by atoms with van der Waals surface area (Å²) in [5, 5.41) is 1.26. The summed E-state index contributed by atoms with van der Waals surface area (Å²) < 4.78 is 0. The maximum Gasteiger partial charge on any atom is -0.00254 e. The van der Waals surface area contributed by atoms with Crippen molar-refractivity contribution in [3.8, 4) is 0 Å². The Hall–Kier alpha value is -1.13. The van der Waals surface area contributed by atoms with Gasteiger partial charge >= 0.3 is 0 Å². The number of hydrogen-bond donors (Lipinski definition) is 0. The van der Waals surface area contributed by atoms with Crippen molar-refractivity contribution in [1.29, 1.82) is 0 Å². The predicted octanol–water partition coefficient (Wildman–Crippen LogP) is 3.73. The van der Waals surface area contributed by atoms with Crippen LogP contribution < -0.4 is 5.30 Å². The zero-order chi connectivity index (χ0) is 12.1. The van der Waals surface area contributed by atoms with Gasteiger partial charge in [0.05, 0.1) is 0 Å². The van der Waals surface area contributed by atoms with Crippen LogP contribution in [-0.2, 0) is 12.8 Å². The van der Waals surface area contributed by atoms with Crippen LogP contribution in [0.2, 0.25) is 0 Å². The smallest absolute Gasteiger partial charge is 0.00254 e. The normalized spacial score (nSPS) is 10.5. The minimum absolute atomic E-state index is 1.03. The van der Waals surface area contributed by atoms with E-state index in [1.54, 1.807) is 0 Å². The Morgan fingerprint density at radius 2 is 1.53 bits per heavy atom. The SMILES string of the molecule is CCCc1cccc(Cc2cccc(P)c2)c1. The van der Waals surface area contributed by atoms with Crippen molar-refractivity contribution < 1.29 is 0 Å². The van der Waals surface area contributed by atoms with Gasteiger partial charge in [0.25, 0.3) is 0 Å². The highest BCUT2D eigenvalue weighted by molar-refractivity contribution is 7.27. The molecule has 2 rings (SSSR count). The molecule has 0 aliphatic carbocycles. The van der Waals surface area contributed by atoms with Gasteiger partial charge in [0, 0.05) is 0 Å². The number of benzene rings is 2. The largest absolute Gasteiger partial charge is 0.106 e. The van der Waals surface area contributed by atoms with E-state index in [1.165, 1.54) is 34.8 Å². The van der Waals surface area contributed by atoms with Gasteiger partial charge in [-0.15, -0.1) is 9.24 Å². The summed E-state index contributed by atoms with van der Waals surface area (Å²) in [5.41, 5.74) is 4.24. The summed E-state index contributed by atoms with van der Waals surface area (Å²) in [7, 11) is 2.76. The molecule has 0 nitrogen and oxygen atoms in total. The first-order chi connectivity index (χ1) is 8.28. The first kappa shape index (κ1) is 12.3. The molecule has 1 heteroatoms. The molecule has 88 valence electrons. The van der Waals surface area contributed by atoms with E-state index in [9.17, 15) is 0 Å². The van der Waals surface area contributed by atoms with Gasteiger partial charge in [-0.25, -0.2) is 0 Å². The first-order valence-corrected chi connectivity index (χ1v) is 6.78. The Labute approximate surface area is 106 Å². The fraction of sp³-hybridized carbons (Fsp3) is 0.250. The fourth-order valence-corrected chi connectivity index (χ4v) is 2.45. The van der Waals surface area contributed by atoms with Crippen LogP contribution in [0.5, 0.6) is 0 Å². The zero-order valence-corrected chi connectivity index (χ0v) is 11.5. The van der Waals surface area contributed by atoms with Gasteiger partial charge in [-0.3, -0.25) is 0 Å². The first-order valence-electron chi connectivity index (χ1n) is 6.20. The van der Waals surface area contributed by atoms with Gasteiger partial charge in [-0.1, -0.05) is 61.9 Å². The zero-order valence-electron chi connectivity index (χ0n) is 10.3. The Kier molecular flexibility index (Phi) is 4.34. The molecule has 0 heterocycles. The third-order valence-electron chi connectivity index (χ3n) is 2.89. The molecule has 2 aromatic carbocycles.